The van der Waals surface area contributed by atoms with Gasteiger partial charge in [-0.25, -0.2) is 0 Å². The summed E-state index contributed by atoms with van der Waals surface area (Å²) in [5.74, 6) is 0. The zero-order chi connectivity index (χ0) is 37.6. The van der Waals surface area contributed by atoms with Crippen LogP contribution in [0.3, 0.4) is 0 Å². The van der Waals surface area contributed by atoms with Gasteiger partial charge >= 0.3 is 0 Å². The summed E-state index contributed by atoms with van der Waals surface area (Å²) in [6.45, 7) is 0. The Morgan fingerprint density at radius 1 is 0.228 bits per heavy atom. The lowest BCUT2D eigenvalue weighted by atomic mass is 9.51. The molecule has 0 radical (unpaired) electrons. The van der Waals surface area contributed by atoms with E-state index in [1.807, 2.05) is 0 Å². The number of para-hydroxylation sites is 2. The van der Waals surface area contributed by atoms with Gasteiger partial charge in [0.05, 0.1) is 10.8 Å². The predicted octanol–water partition coefficient (Wildman–Crippen LogP) is 13.9. The summed E-state index contributed by atoms with van der Waals surface area (Å²) in [6.07, 6.45) is 0. The number of hydrogen-bond donors (Lipinski definition) is 0. The van der Waals surface area contributed by atoms with Crippen LogP contribution >= 0.6 is 0 Å². The van der Waals surface area contributed by atoms with Crippen LogP contribution in [0.2, 0.25) is 0 Å². The van der Waals surface area contributed by atoms with Crippen LogP contribution in [0.1, 0.15) is 44.5 Å². The molecule has 2 spiro atoms. The van der Waals surface area contributed by atoms with Gasteiger partial charge in [-0.1, -0.05) is 188 Å². The molecular formula is C56H37N. The molecule has 1 nitrogen and oxygen atoms in total. The molecule has 0 saturated heterocycles. The van der Waals surface area contributed by atoms with Crippen LogP contribution in [0.15, 0.2) is 224 Å². The fourth-order valence-electron chi connectivity index (χ4n) is 10.9. The molecule has 9 aromatic rings. The second kappa shape index (κ2) is 12.1. The molecule has 12 rings (SSSR count). The van der Waals surface area contributed by atoms with Crippen molar-refractivity contribution in [3.05, 3.63) is 269 Å². The van der Waals surface area contributed by atoms with Crippen molar-refractivity contribution < 1.29 is 0 Å². The van der Waals surface area contributed by atoms with Crippen molar-refractivity contribution in [3.63, 3.8) is 0 Å². The molecule has 3 aliphatic carbocycles. The Morgan fingerprint density at radius 2 is 0.561 bits per heavy atom. The Hall–Kier alpha value is -7.22. The van der Waals surface area contributed by atoms with Gasteiger partial charge in [0, 0.05) is 17.1 Å². The molecule has 1 heteroatoms. The first kappa shape index (κ1) is 32.1. The molecule has 57 heavy (non-hydrogen) atoms. The third-order valence-corrected chi connectivity index (χ3v) is 12.9. The number of rotatable bonds is 4. The highest BCUT2D eigenvalue weighted by molar-refractivity contribution is 5.96. The Kier molecular flexibility index (Phi) is 6.83. The van der Waals surface area contributed by atoms with Crippen molar-refractivity contribution in [1.82, 2.24) is 0 Å². The van der Waals surface area contributed by atoms with Gasteiger partial charge in [-0.3, -0.25) is 0 Å². The third kappa shape index (κ3) is 4.18. The molecule has 0 N–H and O–H groups in total. The van der Waals surface area contributed by atoms with E-state index in [1.165, 1.54) is 77.9 Å². The summed E-state index contributed by atoms with van der Waals surface area (Å²) in [5.41, 5.74) is 20.8. The van der Waals surface area contributed by atoms with E-state index < -0.39 is 10.8 Å². The summed E-state index contributed by atoms with van der Waals surface area (Å²) < 4.78 is 0. The van der Waals surface area contributed by atoms with Crippen LogP contribution in [-0.2, 0) is 10.8 Å². The maximum absolute atomic E-state index is 2.44. The Bertz CT molecular complexity index is 2880. The molecule has 0 aromatic heterocycles. The van der Waals surface area contributed by atoms with E-state index >= 15 is 0 Å². The largest absolute Gasteiger partial charge is 0.311 e. The summed E-state index contributed by atoms with van der Waals surface area (Å²) in [4.78, 5) is 2.34. The van der Waals surface area contributed by atoms with Crippen LogP contribution in [0, 0.1) is 0 Å². The van der Waals surface area contributed by atoms with Gasteiger partial charge < -0.3 is 4.90 Å². The number of nitrogens with zero attached hydrogens (tertiary/aromatic N) is 1. The van der Waals surface area contributed by atoms with Crippen LogP contribution in [0.25, 0.3) is 33.4 Å². The average Bonchev–Trinajstić information content (AvgIpc) is 3.75. The highest BCUT2D eigenvalue weighted by atomic mass is 15.1. The molecule has 9 aromatic carbocycles. The van der Waals surface area contributed by atoms with Gasteiger partial charge in [0.15, 0.2) is 0 Å². The first-order valence-corrected chi connectivity index (χ1v) is 19.9. The molecular weight excluding hydrogens is 687 g/mol. The molecule has 0 unspecified atom stereocenters. The van der Waals surface area contributed by atoms with Crippen LogP contribution in [0.4, 0.5) is 17.1 Å². The van der Waals surface area contributed by atoms with E-state index in [-0.39, 0.29) is 0 Å². The Balaban J connectivity index is 1.19. The van der Waals surface area contributed by atoms with Crippen molar-refractivity contribution in [2.24, 2.45) is 0 Å². The minimum atomic E-state index is -0.549. The van der Waals surface area contributed by atoms with Gasteiger partial charge in [-0.05, 0) is 114 Å². The van der Waals surface area contributed by atoms with Crippen molar-refractivity contribution in [3.8, 4) is 33.4 Å². The first-order valence-electron chi connectivity index (χ1n) is 19.9. The van der Waals surface area contributed by atoms with Gasteiger partial charge in [0.1, 0.15) is 0 Å². The smallest absolute Gasteiger partial charge is 0.0725 e. The second-order valence-corrected chi connectivity index (χ2v) is 15.5. The van der Waals surface area contributed by atoms with E-state index in [2.05, 4.69) is 229 Å². The molecule has 0 heterocycles. The Labute approximate surface area is 333 Å². The van der Waals surface area contributed by atoms with Crippen molar-refractivity contribution in [1.29, 1.82) is 0 Å². The second-order valence-electron chi connectivity index (χ2n) is 15.5. The minimum absolute atomic E-state index is 0.510. The molecule has 266 valence electrons. The van der Waals surface area contributed by atoms with Crippen molar-refractivity contribution >= 4 is 17.1 Å². The fourth-order valence-corrected chi connectivity index (χ4v) is 10.9. The van der Waals surface area contributed by atoms with Crippen molar-refractivity contribution in [2.75, 3.05) is 4.90 Å². The first-order chi connectivity index (χ1) is 28.3. The lowest BCUT2D eigenvalue weighted by Gasteiger charge is -2.49. The number of anilines is 3. The fraction of sp³-hybridized carbons (Fsp3) is 0.0357. The van der Waals surface area contributed by atoms with E-state index in [0.717, 1.165) is 17.1 Å². The quantitative estimate of drug-likeness (QED) is 0.175. The lowest BCUT2D eigenvalue weighted by molar-refractivity contribution is 0.634. The van der Waals surface area contributed by atoms with Crippen LogP contribution in [0.5, 0.6) is 0 Å². The van der Waals surface area contributed by atoms with Crippen LogP contribution < -0.4 is 4.90 Å². The normalized spacial score (nSPS) is 14.2. The highest BCUT2D eigenvalue weighted by Crippen LogP contribution is 2.68. The minimum Gasteiger partial charge on any atom is -0.311 e. The molecule has 0 saturated carbocycles. The maximum atomic E-state index is 2.44. The topological polar surface area (TPSA) is 3.24 Å². The van der Waals surface area contributed by atoms with Gasteiger partial charge in [0.25, 0.3) is 0 Å². The monoisotopic (exact) mass is 723 g/mol. The van der Waals surface area contributed by atoms with Crippen molar-refractivity contribution in [2.45, 2.75) is 10.8 Å². The molecule has 0 amide bonds. The standard InChI is InChI=1S/C56H37N/c1-3-18-39(19-4-1)57(40-20-5-2-6-21-40)41-36-34-38(35-37-41)42-26-17-33-53-54(42)56(49-29-13-9-24-45(49)46-25-10-14-30-50(46)56)52-32-16-15-31-51(52)55(53)47-27-11-7-22-43(47)44-23-8-12-28-48(44)55/h1-37H. The SMILES string of the molecule is c1ccc(N(c2ccccc2)c2ccc(-c3cccc4c3C3(c5ccccc5-c5ccccc53)c3ccccc3C43c4ccccc4-c4ccccc43)cc2)cc1. The van der Waals surface area contributed by atoms with E-state index in [4.69, 9.17) is 0 Å². The van der Waals surface area contributed by atoms with E-state index in [0.29, 0.717) is 0 Å². The number of fused-ring (bicyclic) bond motifs is 16. The zero-order valence-corrected chi connectivity index (χ0v) is 31.3. The molecule has 0 aliphatic heterocycles. The molecule has 3 aliphatic rings. The molecule has 0 fully saturated rings. The summed E-state index contributed by atoms with van der Waals surface area (Å²) in [7, 11) is 0. The zero-order valence-electron chi connectivity index (χ0n) is 31.3. The van der Waals surface area contributed by atoms with Gasteiger partial charge in [0.2, 0.25) is 0 Å². The maximum Gasteiger partial charge on any atom is 0.0725 e. The average molecular weight is 724 g/mol. The molecule has 0 bridgehead atoms. The Morgan fingerprint density at radius 3 is 1.04 bits per heavy atom. The molecule has 0 atom stereocenters. The van der Waals surface area contributed by atoms with E-state index in [9.17, 15) is 0 Å². The number of benzene rings is 9. The lowest BCUT2D eigenvalue weighted by Crippen LogP contribution is -2.44. The van der Waals surface area contributed by atoms with Gasteiger partial charge in [-0.15, -0.1) is 0 Å². The van der Waals surface area contributed by atoms with Crippen LogP contribution in [-0.4, -0.2) is 0 Å². The predicted molar refractivity (Wildman–Crippen MR) is 235 cm³/mol. The summed E-state index contributed by atoms with van der Waals surface area (Å²) in [5, 5.41) is 0. The van der Waals surface area contributed by atoms with E-state index in [1.54, 1.807) is 0 Å². The van der Waals surface area contributed by atoms with Gasteiger partial charge in [-0.2, -0.15) is 0 Å². The highest BCUT2D eigenvalue weighted by Gasteiger charge is 2.59. The third-order valence-electron chi connectivity index (χ3n) is 12.9. The number of hydrogen-bond acceptors (Lipinski definition) is 1. The summed E-state index contributed by atoms with van der Waals surface area (Å²) >= 11 is 0. The summed E-state index contributed by atoms with van der Waals surface area (Å²) in [6, 6.07) is 83.7.